The fourth-order valence-corrected chi connectivity index (χ4v) is 4.98. The molecule has 2 aliphatic carbocycles. The molecule has 1 saturated carbocycles. The first kappa shape index (κ1) is 20.3. The molecule has 7 heteroatoms. The Kier molecular flexibility index (Phi) is 5.22. The number of amides is 2. The molecule has 0 N–H and O–H groups in total. The third kappa shape index (κ3) is 3.22. The molecule has 158 valence electrons. The number of carbonyl (C=O) groups is 4. The summed E-state index contributed by atoms with van der Waals surface area (Å²) in [5.41, 5.74) is 0.355. The molecule has 1 aromatic rings. The summed E-state index contributed by atoms with van der Waals surface area (Å²) >= 11 is 0. The Morgan fingerprint density at radius 3 is 2.30 bits per heavy atom. The van der Waals surface area contributed by atoms with E-state index < -0.39 is 18.6 Å². The van der Waals surface area contributed by atoms with Crippen molar-refractivity contribution >= 4 is 23.6 Å². The van der Waals surface area contributed by atoms with Gasteiger partial charge in [0.25, 0.3) is 0 Å². The van der Waals surface area contributed by atoms with Crippen LogP contribution in [0.25, 0.3) is 0 Å². The van der Waals surface area contributed by atoms with Crippen molar-refractivity contribution in [1.29, 1.82) is 0 Å². The van der Waals surface area contributed by atoms with Gasteiger partial charge < -0.3 is 9.47 Å². The molecule has 1 aliphatic heterocycles. The molecule has 2 fully saturated rings. The molecule has 0 unspecified atom stereocenters. The summed E-state index contributed by atoms with van der Waals surface area (Å²) in [6, 6.07) is 5.52. The molecule has 0 aromatic heterocycles. The van der Waals surface area contributed by atoms with Gasteiger partial charge in [-0.05, 0) is 36.3 Å². The first-order valence-corrected chi connectivity index (χ1v) is 10.2. The molecule has 4 rings (SSSR count). The van der Waals surface area contributed by atoms with E-state index in [0.29, 0.717) is 11.3 Å². The van der Waals surface area contributed by atoms with E-state index in [1.165, 1.54) is 7.11 Å². The highest BCUT2D eigenvalue weighted by atomic mass is 16.5. The molecule has 7 nitrogen and oxygen atoms in total. The molecule has 2 amide bonds. The summed E-state index contributed by atoms with van der Waals surface area (Å²) in [6.45, 7) is 3.06. The topological polar surface area (TPSA) is 90.0 Å². The Balaban J connectivity index is 1.47. The standard InChI is InChI=1S/C23H25NO6/c1-12(2)20(23(28)30-11-17(25)13-5-4-6-16(10-13)29-3)24-21(26)18-14-7-8-15(9-14)19(18)22(24)27/h4-8,10,12,14-15,18-20H,9,11H2,1-3H3/t14-,15-,18-,19-,20-/m0/s1. The molecule has 1 heterocycles. The number of methoxy groups -OCH3 is 1. The van der Waals surface area contributed by atoms with Crippen LogP contribution >= 0.6 is 0 Å². The highest BCUT2D eigenvalue weighted by Gasteiger charge is 2.61. The van der Waals surface area contributed by atoms with Gasteiger partial charge in [0, 0.05) is 5.56 Å². The van der Waals surface area contributed by atoms with Crippen LogP contribution in [0.2, 0.25) is 0 Å². The lowest BCUT2D eigenvalue weighted by molar-refractivity contribution is -0.160. The molecule has 3 aliphatic rings. The normalized spacial score (nSPS) is 27.5. The zero-order valence-corrected chi connectivity index (χ0v) is 17.2. The largest absolute Gasteiger partial charge is 0.497 e. The molecular weight excluding hydrogens is 386 g/mol. The number of carbonyl (C=O) groups excluding carboxylic acids is 4. The van der Waals surface area contributed by atoms with E-state index in [4.69, 9.17) is 9.47 Å². The lowest BCUT2D eigenvalue weighted by atomic mass is 9.85. The maximum Gasteiger partial charge on any atom is 0.330 e. The van der Waals surface area contributed by atoms with Crippen LogP contribution in [-0.2, 0) is 19.1 Å². The smallest absolute Gasteiger partial charge is 0.330 e. The minimum absolute atomic E-state index is 0.0694. The second-order valence-electron chi connectivity index (χ2n) is 8.50. The molecule has 5 atom stereocenters. The zero-order chi connectivity index (χ0) is 21.6. The average molecular weight is 411 g/mol. The number of fused-ring (bicyclic) bond motifs is 5. The minimum Gasteiger partial charge on any atom is -0.497 e. The second-order valence-corrected chi connectivity index (χ2v) is 8.50. The summed E-state index contributed by atoms with van der Waals surface area (Å²) in [5, 5.41) is 0. The first-order chi connectivity index (χ1) is 14.3. The van der Waals surface area contributed by atoms with Crippen molar-refractivity contribution in [1.82, 2.24) is 4.90 Å². The van der Waals surface area contributed by atoms with E-state index in [2.05, 4.69) is 0 Å². The number of esters is 1. The molecular formula is C23H25NO6. The maximum absolute atomic E-state index is 13.1. The number of ketones is 1. The monoisotopic (exact) mass is 411 g/mol. The fourth-order valence-electron chi connectivity index (χ4n) is 4.98. The number of hydrogen-bond donors (Lipinski definition) is 0. The van der Waals surface area contributed by atoms with Crippen molar-refractivity contribution in [2.45, 2.75) is 26.3 Å². The van der Waals surface area contributed by atoms with Crippen LogP contribution < -0.4 is 4.74 Å². The van der Waals surface area contributed by atoms with Crippen LogP contribution in [0.1, 0.15) is 30.6 Å². The minimum atomic E-state index is -1.03. The van der Waals surface area contributed by atoms with Gasteiger partial charge in [-0.25, -0.2) is 4.79 Å². The summed E-state index contributed by atoms with van der Waals surface area (Å²) < 4.78 is 10.4. The lowest BCUT2D eigenvalue weighted by Gasteiger charge is -2.28. The van der Waals surface area contributed by atoms with Crippen molar-refractivity contribution in [2.24, 2.45) is 29.6 Å². The van der Waals surface area contributed by atoms with Gasteiger partial charge in [0.15, 0.2) is 12.4 Å². The van der Waals surface area contributed by atoms with E-state index in [1.807, 2.05) is 12.2 Å². The van der Waals surface area contributed by atoms with Crippen molar-refractivity contribution in [3.8, 4) is 5.75 Å². The van der Waals surface area contributed by atoms with Gasteiger partial charge in [0.2, 0.25) is 11.8 Å². The number of allylic oxidation sites excluding steroid dienone is 2. The Morgan fingerprint density at radius 2 is 1.73 bits per heavy atom. The fraction of sp³-hybridized carbons (Fsp3) is 0.478. The Labute approximate surface area is 175 Å². The summed E-state index contributed by atoms with van der Waals surface area (Å²) in [4.78, 5) is 52.5. The Morgan fingerprint density at radius 1 is 1.10 bits per heavy atom. The number of hydrogen-bond acceptors (Lipinski definition) is 6. The van der Waals surface area contributed by atoms with Crippen molar-refractivity contribution in [3.05, 3.63) is 42.0 Å². The van der Waals surface area contributed by atoms with Crippen LogP contribution in [-0.4, -0.2) is 48.2 Å². The van der Waals surface area contributed by atoms with E-state index in [9.17, 15) is 19.2 Å². The van der Waals surface area contributed by atoms with Gasteiger partial charge >= 0.3 is 5.97 Å². The molecule has 30 heavy (non-hydrogen) atoms. The highest BCUT2D eigenvalue weighted by molar-refractivity contribution is 6.09. The highest BCUT2D eigenvalue weighted by Crippen LogP contribution is 2.53. The number of likely N-dealkylation sites (tertiary alicyclic amines) is 1. The van der Waals surface area contributed by atoms with Gasteiger partial charge in [-0.3, -0.25) is 19.3 Å². The summed E-state index contributed by atoms with van der Waals surface area (Å²) in [7, 11) is 1.50. The van der Waals surface area contributed by atoms with Crippen molar-refractivity contribution in [3.63, 3.8) is 0 Å². The number of Topliss-reactive ketones (excluding diaryl/α,β-unsaturated/α-hetero) is 1. The number of ether oxygens (including phenoxy) is 2. The van der Waals surface area contributed by atoms with E-state index in [1.54, 1.807) is 38.1 Å². The molecule has 1 saturated heterocycles. The van der Waals surface area contributed by atoms with E-state index in [-0.39, 0.29) is 47.2 Å². The molecule has 1 aromatic carbocycles. The quantitative estimate of drug-likeness (QED) is 0.296. The van der Waals surface area contributed by atoms with E-state index >= 15 is 0 Å². The predicted octanol–water partition coefficient (Wildman–Crippen LogP) is 2.25. The third-order valence-corrected chi connectivity index (χ3v) is 6.39. The number of nitrogens with zero attached hydrogens (tertiary/aromatic N) is 1. The van der Waals surface area contributed by atoms with Crippen molar-refractivity contribution in [2.75, 3.05) is 13.7 Å². The first-order valence-electron chi connectivity index (χ1n) is 10.2. The Bertz CT molecular complexity index is 905. The van der Waals surface area contributed by atoms with Gasteiger partial charge in [0.1, 0.15) is 11.8 Å². The summed E-state index contributed by atoms with van der Waals surface area (Å²) in [6.07, 6.45) is 4.85. The third-order valence-electron chi connectivity index (χ3n) is 6.39. The maximum atomic E-state index is 13.1. The Hall–Kier alpha value is -2.96. The van der Waals surface area contributed by atoms with Crippen LogP contribution in [0.3, 0.4) is 0 Å². The second kappa shape index (κ2) is 7.70. The van der Waals surface area contributed by atoms with Crippen LogP contribution in [0.5, 0.6) is 5.75 Å². The van der Waals surface area contributed by atoms with Gasteiger partial charge in [-0.15, -0.1) is 0 Å². The average Bonchev–Trinajstić information content (AvgIpc) is 3.42. The SMILES string of the molecule is COc1cccc(C(=O)COC(=O)[C@H](C(C)C)N2C(=O)[C@@H]3[C@@H](C2=O)[C@H]2C=C[C@H]3C2)c1. The summed E-state index contributed by atoms with van der Waals surface area (Å²) in [5.74, 6) is -2.13. The van der Waals surface area contributed by atoms with Gasteiger partial charge in [0.05, 0.1) is 18.9 Å². The number of benzene rings is 1. The van der Waals surface area contributed by atoms with Gasteiger partial charge in [-0.1, -0.05) is 38.1 Å². The van der Waals surface area contributed by atoms with Crippen LogP contribution in [0.15, 0.2) is 36.4 Å². The number of imide groups is 1. The predicted molar refractivity (Wildman–Crippen MR) is 106 cm³/mol. The lowest BCUT2D eigenvalue weighted by Crippen LogP contribution is -2.50. The van der Waals surface area contributed by atoms with Crippen molar-refractivity contribution < 1.29 is 28.7 Å². The van der Waals surface area contributed by atoms with E-state index in [0.717, 1.165) is 11.3 Å². The molecule has 2 bridgehead atoms. The zero-order valence-electron chi connectivity index (χ0n) is 17.2. The molecule has 0 radical (unpaired) electrons. The number of rotatable bonds is 7. The van der Waals surface area contributed by atoms with Gasteiger partial charge in [-0.2, -0.15) is 0 Å². The van der Waals surface area contributed by atoms with Crippen LogP contribution in [0.4, 0.5) is 0 Å². The molecule has 0 spiro atoms. The van der Waals surface area contributed by atoms with Crippen LogP contribution in [0, 0.1) is 29.6 Å².